The van der Waals surface area contributed by atoms with Crippen LogP contribution in [0.5, 0.6) is 0 Å². The van der Waals surface area contributed by atoms with Crippen molar-refractivity contribution in [2.45, 2.75) is 46.0 Å². The molecule has 1 aliphatic rings. The molecule has 110 valence electrons. The highest BCUT2D eigenvalue weighted by atomic mass is 16.4. The molecule has 5 heteroatoms. The van der Waals surface area contributed by atoms with Gasteiger partial charge < -0.3 is 15.3 Å². The van der Waals surface area contributed by atoms with Crippen LogP contribution in [0.25, 0.3) is 0 Å². The first kappa shape index (κ1) is 15.8. The van der Waals surface area contributed by atoms with E-state index < -0.39 is 5.97 Å². The van der Waals surface area contributed by atoms with Crippen LogP contribution in [0.3, 0.4) is 0 Å². The van der Waals surface area contributed by atoms with Gasteiger partial charge in [-0.3, -0.25) is 4.79 Å². The van der Waals surface area contributed by atoms with Crippen molar-refractivity contribution in [2.24, 2.45) is 11.8 Å². The zero-order valence-corrected chi connectivity index (χ0v) is 12.0. The van der Waals surface area contributed by atoms with Crippen LogP contribution in [0.1, 0.15) is 46.0 Å². The molecular formula is C14H26N2O3. The molecule has 0 aromatic rings. The van der Waals surface area contributed by atoms with Gasteiger partial charge in [0.15, 0.2) is 0 Å². The maximum atomic E-state index is 11.9. The first-order chi connectivity index (χ1) is 9.00. The topological polar surface area (TPSA) is 69.6 Å². The van der Waals surface area contributed by atoms with E-state index in [9.17, 15) is 9.59 Å². The zero-order chi connectivity index (χ0) is 14.3. The highest BCUT2D eigenvalue weighted by molar-refractivity contribution is 5.74. The van der Waals surface area contributed by atoms with E-state index in [4.69, 9.17) is 5.11 Å². The summed E-state index contributed by atoms with van der Waals surface area (Å²) >= 11 is 0. The molecule has 2 N–H and O–H groups in total. The summed E-state index contributed by atoms with van der Waals surface area (Å²) in [5.41, 5.74) is 0. The van der Waals surface area contributed by atoms with E-state index in [1.807, 2.05) is 4.90 Å². The molecular weight excluding hydrogens is 244 g/mol. The molecule has 1 fully saturated rings. The Bertz CT molecular complexity index is 305. The van der Waals surface area contributed by atoms with Crippen molar-refractivity contribution in [3.05, 3.63) is 0 Å². The molecule has 1 heterocycles. The van der Waals surface area contributed by atoms with Crippen molar-refractivity contribution in [2.75, 3.05) is 19.6 Å². The van der Waals surface area contributed by atoms with Gasteiger partial charge in [0.05, 0.1) is 0 Å². The third-order valence-electron chi connectivity index (χ3n) is 3.85. The molecule has 2 amide bonds. The number of aliphatic carboxylic acids is 1. The predicted molar refractivity (Wildman–Crippen MR) is 74.0 cm³/mol. The zero-order valence-electron chi connectivity index (χ0n) is 12.0. The molecule has 1 atom stereocenters. The second-order valence-corrected chi connectivity index (χ2v) is 5.65. The number of hydrogen-bond acceptors (Lipinski definition) is 2. The molecule has 0 radical (unpaired) electrons. The van der Waals surface area contributed by atoms with E-state index >= 15 is 0 Å². The van der Waals surface area contributed by atoms with Crippen LogP contribution in [0.15, 0.2) is 0 Å². The molecule has 0 spiro atoms. The summed E-state index contributed by atoms with van der Waals surface area (Å²) in [6, 6.07) is -0.0465. The standard InChI is InChI=1S/C14H26N2O3/c1-11(2)12-5-4-9-16(10-7-12)14(19)15-8-3-6-13(17)18/h11-12H,3-10H2,1-2H3,(H,15,19)(H,17,18). The fourth-order valence-corrected chi connectivity index (χ4v) is 2.54. The molecule has 0 saturated carbocycles. The summed E-state index contributed by atoms with van der Waals surface area (Å²) in [5.74, 6) is 0.576. The number of likely N-dealkylation sites (tertiary alicyclic amines) is 1. The molecule has 1 saturated heterocycles. The third kappa shape index (κ3) is 5.94. The van der Waals surface area contributed by atoms with Gasteiger partial charge in [-0.15, -0.1) is 0 Å². The van der Waals surface area contributed by atoms with Crippen LogP contribution >= 0.6 is 0 Å². The van der Waals surface area contributed by atoms with Gasteiger partial charge in [0.25, 0.3) is 0 Å². The first-order valence-electron chi connectivity index (χ1n) is 7.25. The van der Waals surface area contributed by atoms with E-state index in [0.29, 0.717) is 24.8 Å². The van der Waals surface area contributed by atoms with Gasteiger partial charge >= 0.3 is 12.0 Å². The van der Waals surface area contributed by atoms with E-state index in [-0.39, 0.29) is 12.5 Å². The number of carboxylic acid groups (broad SMARTS) is 1. The second-order valence-electron chi connectivity index (χ2n) is 5.65. The lowest BCUT2D eigenvalue weighted by Gasteiger charge is -2.22. The van der Waals surface area contributed by atoms with E-state index in [2.05, 4.69) is 19.2 Å². The number of hydrogen-bond donors (Lipinski definition) is 2. The minimum atomic E-state index is -0.816. The van der Waals surface area contributed by atoms with Crippen molar-refractivity contribution >= 4 is 12.0 Å². The third-order valence-corrected chi connectivity index (χ3v) is 3.85. The molecule has 19 heavy (non-hydrogen) atoms. The van der Waals surface area contributed by atoms with Crippen LogP contribution < -0.4 is 5.32 Å². The SMILES string of the molecule is CC(C)C1CCCN(C(=O)NCCCC(=O)O)CC1. The Morgan fingerprint density at radius 1 is 1.32 bits per heavy atom. The van der Waals surface area contributed by atoms with Crippen LogP contribution in [-0.2, 0) is 4.79 Å². The summed E-state index contributed by atoms with van der Waals surface area (Å²) in [5, 5.41) is 11.3. The monoisotopic (exact) mass is 270 g/mol. The second kappa shape index (κ2) is 8.02. The Morgan fingerprint density at radius 2 is 2.05 bits per heavy atom. The van der Waals surface area contributed by atoms with Gasteiger partial charge in [0.2, 0.25) is 0 Å². The van der Waals surface area contributed by atoms with Crippen molar-refractivity contribution in [1.29, 1.82) is 0 Å². The average molecular weight is 270 g/mol. The maximum absolute atomic E-state index is 11.9. The number of carbonyl (C=O) groups is 2. The minimum Gasteiger partial charge on any atom is -0.481 e. The lowest BCUT2D eigenvalue weighted by atomic mass is 9.89. The van der Waals surface area contributed by atoms with Crippen molar-refractivity contribution in [1.82, 2.24) is 10.2 Å². The Hall–Kier alpha value is -1.26. The lowest BCUT2D eigenvalue weighted by Crippen LogP contribution is -2.41. The largest absolute Gasteiger partial charge is 0.481 e. The molecule has 1 unspecified atom stereocenters. The Labute approximate surface area is 115 Å². The highest BCUT2D eigenvalue weighted by Crippen LogP contribution is 2.24. The smallest absolute Gasteiger partial charge is 0.317 e. The Kier molecular flexibility index (Phi) is 6.67. The number of nitrogens with zero attached hydrogens (tertiary/aromatic N) is 1. The fourth-order valence-electron chi connectivity index (χ4n) is 2.54. The predicted octanol–water partition coefficient (Wildman–Crippen LogP) is 2.32. The molecule has 1 rings (SSSR count). The first-order valence-corrected chi connectivity index (χ1v) is 7.25. The van der Waals surface area contributed by atoms with Gasteiger partial charge in [0, 0.05) is 26.1 Å². The minimum absolute atomic E-state index is 0.0465. The molecule has 0 aromatic heterocycles. The molecule has 0 bridgehead atoms. The van der Waals surface area contributed by atoms with Gasteiger partial charge in [-0.2, -0.15) is 0 Å². The number of carbonyl (C=O) groups excluding carboxylic acids is 1. The summed E-state index contributed by atoms with van der Waals surface area (Å²) in [7, 11) is 0. The quantitative estimate of drug-likeness (QED) is 0.753. The summed E-state index contributed by atoms with van der Waals surface area (Å²) in [6.45, 7) is 6.55. The molecule has 5 nitrogen and oxygen atoms in total. The number of rotatable bonds is 5. The normalized spacial score (nSPS) is 20.2. The Balaban J connectivity index is 2.27. The summed E-state index contributed by atoms with van der Waals surface area (Å²) < 4.78 is 0. The van der Waals surface area contributed by atoms with E-state index in [0.717, 1.165) is 25.9 Å². The van der Waals surface area contributed by atoms with Crippen LogP contribution in [-0.4, -0.2) is 41.6 Å². The average Bonchev–Trinajstić information content (AvgIpc) is 2.59. The number of carboxylic acids is 1. The van der Waals surface area contributed by atoms with Gasteiger partial charge in [0.1, 0.15) is 0 Å². The summed E-state index contributed by atoms with van der Waals surface area (Å²) in [4.78, 5) is 24.2. The molecule has 0 aliphatic carbocycles. The fraction of sp³-hybridized carbons (Fsp3) is 0.857. The van der Waals surface area contributed by atoms with Crippen molar-refractivity contribution in [3.63, 3.8) is 0 Å². The highest BCUT2D eigenvalue weighted by Gasteiger charge is 2.21. The summed E-state index contributed by atoms with van der Waals surface area (Å²) in [6.07, 6.45) is 3.92. The molecule has 0 aromatic carbocycles. The van der Waals surface area contributed by atoms with Crippen LogP contribution in [0.2, 0.25) is 0 Å². The number of amides is 2. The van der Waals surface area contributed by atoms with Gasteiger partial charge in [-0.25, -0.2) is 4.79 Å². The molecule has 1 aliphatic heterocycles. The van der Waals surface area contributed by atoms with Gasteiger partial charge in [-0.05, 0) is 37.5 Å². The lowest BCUT2D eigenvalue weighted by molar-refractivity contribution is -0.137. The van der Waals surface area contributed by atoms with E-state index in [1.165, 1.54) is 6.42 Å². The van der Waals surface area contributed by atoms with Crippen LogP contribution in [0, 0.1) is 11.8 Å². The van der Waals surface area contributed by atoms with E-state index in [1.54, 1.807) is 0 Å². The number of urea groups is 1. The Morgan fingerprint density at radius 3 is 2.68 bits per heavy atom. The van der Waals surface area contributed by atoms with Crippen LogP contribution in [0.4, 0.5) is 4.79 Å². The van der Waals surface area contributed by atoms with Gasteiger partial charge in [-0.1, -0.05) is 13.8 Å². The van der Waals surface area contributed by atoms with Crippen molar-refractivity contribution in [3.8, 4) is 0 Å². The maximum Gasteiger partial charge on any atom is 0.317 e. The van der Waals surface area contributed by atoms with Crippen molar-refractivity contribution < 1.29 is 14.7 Å². The number of nitrogens with one attached hydrogen (secondary N) is 1.